The second kappa shape index (κ2) is 4.07. The molecule has 0 unspecified atom stereocenters. The smallest absolute Gasteiger partial charge is 0.271 e. The van der Waals surface area contributed by atoms with Crippen LogP contribution in [0.15, 0.2) is 24.0 Å². The summed E-state index contributed by atoms with van der Waals surface area (Å²) in [5.74, 6) is 0. The zero-order valence-corrected chi connectivity index (χ0v) is 6.86. The molecule has 1 rings (SSSR count). The number of rotatable bonds is 0. The largest absolute Gasteiger partial charge is 1.00 e. The standard InChI is InChI=1S/C5H3.K/c1-2-4-5-3-1;/h1-3H;/q-1;+1. The van der Waals surface area contributed by atoms with E-state index in [0.717, 1.165) is 0 Å². The van der Waals surface area contributed by atoms with Gasteiger partial charge in [-0.1, -0.05) is 0 Å². The summed E-state index contributed by atoms with van der Waals surface area (Å²) in [7, 11) is 0. The van der Waals surface area contributed by atoms with Gasteiger partial charge in [-0.25, -0.2) is 6.08 Å². The van der Waals surface area contributed by atoms with Crippen molar-refractivity contribution in [3.05, 3.63) is 30.0 Å². The van der Waals surface area contributed by atoms with Gasteiger partial charge in [0, 0.05) is 0 Å². The number of allylic oxidation sites excluding steroid dienone is 3. The predicted molar refractivity (Wildman–Crippen MR) is 20.5 cm³/mol. The van der Waals surface area contributed by atoms with Gasteiger partial charge in [0.25, 0.3) is 0 Å². The molecule has 1 heteroatoms. The number of hydrogen-bond acceptors (Lipinski definition) is 0. The summed E-state index contributed by atoms with van der Waals surface area (Å²) < 4.78 is 0. The molecule has 0 heterocycles. The van der Waals surface area contributed by atoms with Gasteiger partial charge in [-0.2, -0.15) is 12.2 Å². The van der Waals surface area contributed by atoms with Crippen molar-refractivity contribution in [3.8, 4) is 0 Å². The normalized spacial score (nSPS) is 12.0. The van der Waals surface area contributed by atoms with Crippen molar-refractivity contribution >= 4 is 0 Å². The Kier molecular flexibility index (Phi) is 4.67. The Morgan fingerprint density at radius 3 is 2.50 bits per heavy atom. The molecule has 0 atom stereocenters. The molecule has 0 spiro atoms. The predicted octanol–water partition coefficient (Wildman–Crippen LogP) is -1.93. The van der Waals surface area contributed by atoms with E-state index in [1.54, 1.807) is 0 Å². The molecule has 0 fully saturated rings. The molecule has 1 aliphatic rings. The van der Waals surface area contributed by atoms with E-state index < -0.39 is 0 Å². The first-order valence-corrected chi connectivity index (χ1v) is 1.49. The van der Waals surface area contributed by atoms with Crippen LogP contribution in [0.2, 0.25) is 0 Å². The third-order valence-corrected chi connectivity index (χ3v) is 0.442. The molecule has 0 aromatic rings. The average molecular weight is 102 g/mol. The monoisotopic (exact) mass is 102 g/mol. The van der Waals surface area contributed by atoms with Gasteiger partial charge in [-0.15, -0.1) is 6.08 Å². The fourth-order valence-electron chi connectivity index (χ4n) is 0.241. The molecule has 0 nitrogen and oxygen atoms in total. The summed E-state index contributed by atoms with van der Waals surface area (Å²) in [6, 6.07) is 0. The topological polar surface area (TPSA) is 0 Å². The van der Waals surface area contributed by atoms with Gasteiger partial charge >= 0.3 is 51.4 Å². The maximum Gasteiger partial charge on any atom is 1.00 e. The van der Waals surface area contributed by atoms with Crippen LogP contribution >= 0.6 is 0 Å². The Morgan fingerprint density at radius 2 is 2.33 bits per heavy atom. The third kappa shape index (κ3) is 2.14. The van der Waals surface area contributed by atoms with Crippen LogP contribution in [0.3, 0.4) is 0 Å². The van der Waals surface area contributed by atoms with Gasteiger partial charge in [-0.3, -0.25) is 5.73 Å². The summed E-state index contributed by atoms with van der Waals surface area (Å²) in [6.45, 7) is 0. The van der Waals surface area contributed by atoms with Crippen LogP contribution in [0.5, 0.6) is 0 Å². The zero-order valence-electron chi connectivity index (χ0n) is 3.73. The van der Waals surface area contributed by atoms with E-state index in [1.807, 2.05) is 18.2 Å². The van der Waals surface area contributed by atoms with Crippen LogP contribution in [0, 0.1) is 6.08 Å². The van der Waals surface area contributed by atoms with Crippen molar-refractivity contribution < 1.29 is 51.4 Å². The molecule has 24 valence electrons. The zero-order chi connectivity index (χ0) is 3.54. The molecule has 0 bridgehead atoms. The van der Waals surface area contributed by atoms with Crippen LogP contribution in [-0.2, 0) is 0 Å². The minimum atomic E-state index is 0. The van der Waals surface area contributed by atoms with Crippen molar-refractivity contribution in [1.29, 1.82) is 0 Å². The van der Waals surface area contributed by atoms with Gasteiger partial charge in [0.05, 0.1) is 0 Å². The Labute approximate surface area is 80.0 Å². The van der Waals surface area contributed by atoms with E-state index in [2.05, 4.69) is 11.8 Å². The second-order valence-electron chi connectivity index (χ2n) is 0.814. The SMILES string of the molecule is C1=[C-]C=CC=1.[K+]. The minimum Gasteiger partial charge on any atom is -0.271 e. The molecule has 6 heavy (non-hydrogen) atoms. The van der Waals surface area contributed by atoms with Gasteiger partial charge < -0.3 is 0 Å². The van der Waals surface area contributed by atoms with E-state index in [9.17, 15) is 0 Å². The fraction of sp³-hybridized carbons (Fsp3) is 0. The van der Waals surface area contributed by atoms with Crippen LogP contribution in [0.25, 0.3) is 0 Å². The minimum absolute atomic E-state index is 0. The maximum absolute atomic E-state index is 2.74. The van der Waals surface area contributed by atoms with Crippen LogP contribution in [0.4, 0.5) is 0 Å². The van der Waals surface area contributed by atoms with E-state index >= 15 is 0 Å². The summed E-state index contributed by atoms with van der Waals surface area (Å²) in [4.78, 5) is 0. The molecule has 0 amide bonds. The molecule has 0 saturated heterocycles. The van der Waals surface area contributed by atoms with Crippen LogP contribution in [-0.4, -0.2) is 0 Å². The summed E-state index contributed by atoms with van der Waals surface area (Å²) >= 11 is 0. The van der Waals surface area contributed by atoms with Gasteiger partial charge in [0.1, 0.15) is 0 Å². The van der Waals surface area contributed by atoms with Crippen molar-refractivity contribution in [2.45, 2.75) is 0 Å². The summed E-state index contributed by atoms with van der Waals surface area (Å²) in [5.41, 5.74) is 2.74. The summed E-state index contributed by atoms with van der Waals surface area (Å²) in [6.07, 6.45) is 8.26. The maximum atomic E-state index is 2.74. The Hall–Kier alpha value is 0.896. The number of hydrogen-bond donors (Lipinski definition) is 0. The first-order valence-electron chi connectivity index (χ1n) is 1.49. The van der Waals surface area contributed by atoms with Gasteiger partial charge in [-0.05, 0) is 0 Å². The van der Waals surface area contributed by atoms with E-state index in [-0.39, 0.29) is 51.4 Å². The average Bonchev–Trinajstić information content (AvgIpc) is 1.76. The van der Waals surface area contributed by atoms with Crippen molar-refractivity contribution in [2.75, 3.05) is 0 Å². The van der Waals surface area contributed by atoms with E-state index in [1.165, 1.54) is 0 Å². The van der Waals surface area contributed by atoms with Gasteiger partial charge in [0.15, 0.2) is 0 Å². The summed E-state index contributed by atoms with van der Waals surface area (Å²) in [5, 5.41) is 0. The molecule has 1 aliphatic carbocycles. The second-order valence-corrected chi connectivity index (χ2v) is 0.814. The molecule has 0 aliphatic heterocycles. The molecule has 0 N–H and O–H groups in total. The molecule has 0 radical (unpaired) electrons. The quantitative estimate of drug-likeness (QED) is 0.190. The Bertz CT molecular complexity index is 95.1. The molecule has 0 saturated carbocycles. The Morgan fingerprint density at radius 1 is 1.50 bits per heavy atom. The molecular formula is C5H3K. The first-order chi connectivity index (χ1) is 2.50. The van der Waals surface area contributed by atoms with Crippen molar-refractivity contribution in [3.63, 3.8) is 0 Å². The molecule has 0 aromatic heterocycles. The van der Waals surface area contributed by atoms with Crippen LogP contribution in [0.1, 0.15) is 0 Å². The first kappa shape index (κ1) is 6.90. The van der Waals surface area contributed by atoms with E-state index in [0.29, 0.717) is 0 Å². The molecular weight excluding hydrogens is 99.2 g/mol. The van der Waals surface area contributed by atoms with Crippen molar-refractivity contribution in [2.24, 2.45) is 0 Å². The third-order valence-electron chi connectivity index (χ3n) is 0.442. The van der Waals surface area contributed by atoms with E-state index in [4.69, 9.17) is 0 Å². The molecule has 0 aromatic carbocycles. The van der Waals surface area contributed by atoms with Crippen LogP contribution < -0.4 is 51.4 Å². The fourth-order valence-corrected chi connectivity index (χ4v) is 0.241. The Balaban J connectivity index is 0.000000250. The van der Waals surface area contributed by atoms with Gasteiger partial charge in [0.2, 0.25) is 0 Å². The van der Waals surface area contributed by atoms with Crippen molar-refractivity contribution in [1.82, 2.24) is 0 Å².